The molecule has 71 heavy (non-hydrogen) atoms. The molecule has 4 aliphatic rings. The third-order valence-electron chi connectivity index (χ3n) is 13.3. The number of nitrogens with one attached hydrogen (secondary N) is 1. The van der Waals surface area contributed by atoms with Crippen LogP contribution in [0.5, 0.6) is 0 Å². The summed E-state index contributed by atoms with van der Waals surface area (Å²) in [7, 11) is 3.44. The molecule has 0 saturated carbocycles. The lowest BCUT2D eigenvalue weighted by molar-refractivity contribution is 0.0345. The quantitative estimate of drug-likeness (QED) is 0.0997. The zero-order valence-corrected chi connectivity index (χ0v) is 40.9. The number of hydrogen-bond acceptors (Lipinski definition) is 8. The molecular weight excluding hydrogens is 979 g/mol. The fourth-order valence-corrected chi connectivity index (χ4v) is 9.53. The van der Waals surface area contributed by atoms with E-state index in [0.29, 0.717) is 65.2 Å². The molecule has 0 spiro atoms. The van der Waals surface area contributed by atoms with Gasteiger partial charge in [-0.1, -0.05) is 40.2 Å². The molecule has 0 atom stereocenters. The van der Waals surface area contributed by atoms with E-state index in [4.69, 9.17) is 9.47 Å². The van der Waals surface area contributed by atoms with E-state index in [0.717, 1.165) is 75.9 Å². The average molecular weight is 1030 g/mol. The van der Waals surface area contributed by atoms with Crippen molar-refractivity contribution < 1.29 is 47.0 Å². The number of alkyl halides is 1. The van der Waals surface area contributed by atoms with Gasteiger partial charge in [0.15, 0.2) is 0 Å². The van der Waals surface area contributed by atoms with Gasteiger partial charge in [-0.2, -0.15) is 0 Å². The van der Waals surface area contributed by atoms with Gasteiger partial charge >= 0.3 is 0 Å². The number of carbonyl (C=O) groups is 6. The van der Waals surface area contributed by atoms with Crippen molar-refractivity contribution in [2.75, 3.05) is 58.8 Å². The number of aromatic nitrogens is 2. The van der Waals surface area contributed by atoms with E-state index >= 15 is 0 Å². The van der Waals surface area contributed by atoms with E-state index < -0.39 is 11.8 Å². The molecule has 4 aliphatic heterocycles. The summed E-state index contributed by atoms with van der Waals surface area (Å²) in [6.07, 6.45) is 8.58. The summed E-state index contributed by atoms with van der Waals surface area (Å²) >= 11 is 3.10. The average Bonchev–Trinajstić information content (AvgIpc) is 4.18. The van der Waals surface area contributed by atoms with Gasteiger partial charge in [0.25, 0.3) is 35.4 Å². The van der Waals surface area contributed by atoms with E-state index in [1.165, 1.54) is 0 Å². The third kappa shape index (κ3) is 11.0. The van der Waals surface area contributed by atoms with Gasteiger partial charge in [-0.3, -0.25) is 38.6 Å². The van der Waals surface area contributed by atoms with Gasteiger partial charge in [0.05, 0.1) is 60.2 Å². The van der Waals surface area contributed by atoms with Crippen LogP contribution < -0.4 is 0 Å². The first-order valence-corrected chi connectivity index (χ1v) is 24.4. The molecule has 6 heterocycles. The van der Waals surface area contributed by atoms with Gasteiger partial charge in [-0.05, 0) is 110 Å². The lowest BCUT2D eigenvalue weighted by Crippen LogP contribution is -2.40. The summed E-state index contributed by atoms with van der Waals surface area (Å²) in [5.41, 5.74) is 5.35. The number of nitrogens with zero attached hydrogens (tertiary/aromatic N) is 5. The maximum Gasteiger partial charge on any atom is 0.261 e. The molecule has 10 rings (SSSR count). The Morgan fingerprint density at radius 3 is 1.51 bits per heavy atom. The van der Waals surface area contributed by atoms with Crippen LogP contribution in [-0.2, 0) is 16.0 Å². The molecule has 0 radical (unpaired) electrons. The Hall–Kier alpha value is -7.08. The molecule has 2 aromatic heterocycles. The van der Waals surface area contributed by atoms with Crippen molar-refractivity contribution >= 4 is 73.2 Å². The van der Waals surface area contributed by atoms with Gasteiger partial charge in [-0.25, -0.2) is 8.78 Å². The fourth-order valence-electron chi connectivity index (χ4n) is 9.23. The number of rotatable bonds is 11. The van der Waals surface area contributed by atoms with Gasteiger partial charge in [0.1, 0.15) is 0 Å². The number of likely N-dealkylation sites (tertiary alicyclic amines) is 2. The van der Waals surface area contributed by atoms with Crippen molar-refractivity contribution in [1.29, 1.82) is 0 Å². The standard InChI is InChI=1S/C27H26FN3O4.C15H18N2O2.C12H9BrFNO2/c1-35-21-9-12-29(13-10-21)25(32)20-6-7-24-19(14-20)8-11-30(24)16-18(15-28)17-31-26(33)22-4-2-3-5-23(22)27(31)34;1-19-13-5-8-17(9-6-13)15(18)12-2-3-14-11(10-12)4-7-16-14;13-5-8(6-14)7-15-11(16)9-3-1-2-4-10(9)12(15)17/h2-8,11,14-15,21H,9-10,12-13,16-17H2,1H3;2-4,7,10,13,16H,5-6,8-9H2,1H3;1-4,6H,5,7H2/b18-15-;;8-6-. The van der Waals surface area contributed by atoms with Crippen molar-refractivity contribution in [2.24, 2.45) is 0 Å². The number of fused-ring (bicyclic) bond motifs is 4. The summed E-state index contributed by atoms with van der Waals surface area (Å²) in [6.45, 7) is 2.92. The summed E-state index contributed by atoms with van der Waals surface area (Å²) in [5, 5.41) is 2.23. The third-order valence-corrected chi connectivity index (χ3v) is 14.0. The van der Waals surface area contributed by atoms with Crippen molar-refractivity contribution in [3.63, 3.8) is 0 Å². The number of H-pyrrole nitrogens is 1. The molecule has 0 aliphatic carbocycles. The number of hydrogen-bond donors (Lipinski definition) is 1. The Morgan fingerprint density at radius 1 is 0.606 bits per heavy atom. The molecule has 17 heteroatoms. The van der Waals surface area contributed by atoms with E-state index in [9.17, 15) is 37.5 Å². The smallest absolute Gasteiger partial charge is 0.261 e. The zero-order chi connectivity index (χ0) is 50.2. The summed E-state index contributed by atoms with van der Waals surface area (Å²) in [4.78, 5) is 83.6. The molecule has 0 bridgehead atoms. The van der Waals surface area contributed by atoms with Crippen LogP contribution in [0.15, 0.2) is 133 Å². The molecule has 14 nitrogen and oxygen atoms in total. The lowest BCUT2D eigenvalue weighted by atomic mass is 10.1. The highest BCUT2D eigenvalue weighted by atomic mass is 79.9. The van der Waals surface area contributed by atoms with Crippen LogP contribution in [0.1, 0.15) is 87.8 Å². The lowest BCUT2D eigenvalue weighted by Gasteiger charge is -2.31. The van der Waals surface area contributed by atoms with Crippen LogP contribution in [0.3, 0.4) is 0 Å². The van der Waals surface area contributed by atoms with Crippen LogP contribution in [0.4, 0.5) is 8.78 Å². The van der Waals surface area contributed by atoms with Crippen LogP contribution in [-0.4, -0.2) is 136 Å². The Bertz CT molecular complexity index is 2970. The molecule has 6 aromatic rings. The highest BCUT2D eigenvalue weighted by molar-refractivity contribution is 9.09. The minimum Gasteiger partial charge on any atom is -0.381 e. The van der Waals surface area contributed by atoms with E-state index in [-0.39, 0.29) is 60.3 Å². The first-order valence-electron chi connectivity index (χ1n) is 23.3. The number of piperidine rings is 2. The SMILES string of the molecule is COC1CCN(C(=O)c2ccc3[nH]ccc3c2)CC1.COC1CCN(C(=O)c2ccc3c(ccn3C/C(=C/F)CN3C(=O)c4ccccc4C3=O)c2)CC1.O=C1c2ccccc2C(=O)N1C/C(=C\F)CBr. The summed E-state index contributed by atoms with van der Waals surface area (Å²) in [5.74, 6) is -1.46. The Balaban J connectivity index is 0.000000158. The second-order valence-corrected chi connectivity index (χ2v) is 18.2. The van der Waals surface area contributed by atoms with Crippen LogP contribution in [0.25, 0.3) is 21.8 Å². The minimum atomic E-state index is -0.417. The largest absolute Gasteiger partial charge is 0.381 e. The molecule has 2 saturated heterocycles. The molecule has 4 aromatic carbocycles. The molecule has 0 unspecified atom stereocenters. The van der Waals surface area contributed by atoms with E-state index in [1.54, 1.807) is 68.8 Å². The molecule has 6 amide bonds. The maximum atomic E-state index is 13.8. The van der Waals surface area contributed by atoms with E-state index in [1.807, 2.05) is 69.2 Å². The fraction of sp³-hybridized carbons (Fsp3) is 0.296. The Morgan fingerprint density at radius 2 is 1.06 bits per heavy atom. The maximum absolute atomic E-state index is 13.8. The van der Waals surface area contributed by atoms with E-state index in [2.05, 4.69) is 20.9 Å². The second kappa shape index (κ2) is 22.8. The number of amides is 6. The van der Waals surface area contributed by atoms with Crippen molar-refractivity contribution in [2.45, 2.75) is 44.4 Å². The summed E-state index contributed by atoms with van der Waals surface area (Å²) in [6, 6.07) is 28.4. The number of methoxy groups -OCH3 is 2. The molecule has 368 valence electrons. The number of ether oxygens (including phenoxy) is 2. The highest BCUT2D eigenvalue weighted by Crippen LogP contribution is 2.27. The predicted octanol–water partition coefficient (Wildman–Crippen LogP) is 8.99. The van der Waals surface area contributed by atoms with Crippen LogP contribution >= 0.6 is 15.9 Å². The number of benzene rings is 4. The summed E-state index contributed by atoms with van der Waals surface area (Å²) < 4.78 is 38.8. The Labute approximate surface area is 417 Å². The van der Waals surface area contributed by atoms with Crippen molar-refractivity contribution in [1.82, 2.24) is 29.2 Å². The van der Waals surface area contributed by atoms with Crippen molar-refractivity contribution in [3.05, 3.63) is 167 Å². The Kier molecular flexibility index (Phi) is 16.1. The number of imide groups is 2. The van der Waals surface area contributed by atoms with Crippen molar-refractivity contribution in [3.8, 4) is 0 Å². The monoisotopic (exact) mass is 1030 g/mol. The molecule has 1 N–H and O–H groups in total. The zero-order valence-electron chi connectivity index (χ0n) is 39.3. The number of aromatic amines is 1. The number of halogens is 3. The minimum absolute atomic E-state index is 0.0100. The molecular formula is C54H53BrF2N6O8. The predicted molar refractivity (Wildman–Crippen MR) is 268 cm³/mol. The van der Waals surface area contributed by atoms with Gasteiger partial charge in [0, 0.05) is 97.6 Å². The van der Waals surface area contributed by atoms with Gasteiger partial charge < -0.3 is 28.8 Å². The first kappa shape index (κ1) is 50.3. The molecule has 2 fully saturated rings. The number of carbonyl (C=O) groups excluding carboxylic acids is 6. The van der Waals surface area contributed by atoms with Crippen LogP contribution in [0.2, 0.25) is 0 Å². The topological polar surface area (TPSA) is 155 Å². The first-order chi connectivity index (χ1) is 34.5. The van der Waals surface area contributed by atoms with Gasteiger partial charge in [-0.15, -0.1) is 0 Å². The van der Waals surface area contributed by atoms with Gasteiger partial charge in [0.2, 0.25) is 0 Å². The van der Waals surface area contributed by atoms with Crippen LogP contribution in [0, 0.1) is 0 Å². The second-order valence-electron chi connectivity index (χ2n) is 17.6. The highest BCUT2D eigenvalue weighted by Gasteiger charge is 2.37. The normalized spacial score (nSPS) is 16.6.